The van der Waals surface area contributed by atoms with Crippen molar-refractivity contribution >= 4 is 28.5 Å². The molecule has 1 aromatic heterocycles. The van der Waals surface area contributed by atoms with Crippen molar-refractivity contribution in [2.45, 2.75) is 20.0 Å². The number of carbonyl (C=O) groups excluding carboxylic acids is 1. The number of halogens is 1. The average Bonchev–Trinajstić information content (AvgIpc) is 2.61. The minimum absolute atomic E-state index is 0.0867. The molecule has 1 unspecified atom stereocenters. The van der Waals surface area contributed by atoms with Crippen LogP contribution in [0.1, 0.15) is 24.2 Å². The van der Waals surface area contributed by atoms with Gasteiger partial charge in [0.15, 0.2) is 17.6 Å². The molecule has 7 nitrogen and oxygen atoms in total. The number of pyridine rings is 1. The molecule has 1 aliphatic heterocycles. The zero-order valence-electron chi connectivity index (χ0n) is 13.9. The molecule has 0 amide bonds. The summed E-state index contributed by atoms with van der Waals surface area (Å²) in [6.45, 7) is 4.97. The van der Waals surface area contributed by atoms with E-state index in [0.29, 0.717) is 30.2 Å². The van der Waals surface area contributed by atoms with Crippen LogP contribution in [0.2, 0.25) is 5.02 Å². The van der Waals surface area contributed by atoms with Crippen LogP contribution in [0.4, 0.5) is 0 Å². The lowest BCUT2D eigenvalue weighted by Gasteiger charge is -2.27. The quantitative estimate of drug-likeness (QED) is 0.817. The van der Waals surface area contributed by atoms with Crippen LogP contribution in [0, 0.1) is 0 Å². The minimum Gasteiger partial charge on any atom is -0.486 e. The number of ether oxygens (including phenoxy) is 4. The van der Waals surface area contributed by atoms with E-state index in [9.17, 15) is 9.59 Å². The Kier molecular flexibility index (Phi) is 5.15. The van der Waals surface area contributed by atoms with Crippen molar-refractivity contribution in [3.63, 3.8) is 0 Å². The maximum Gasteiger partial charge on any atom is 0.343 e. The molecular formula is C17H18ClNO6. The Morgan fingerprint density at radius 2 is 2.20 bits per heavy atom. The molecule has 1 N–H and O–H groups in total. The van der Waals surface area contributed by atoms with Gasteiger partial charge in [0, 0.05) is 12.8 Å². The summed E-state index contributed by atoms with van der Waals surface area (Å²) in [5.41, 5.74) is -0.188. The summed E-state index contributed by atoms with van der Waals surface area (Å²) in [6, 6.07) is 1.52. The number of fused-ring (bicyclic) bond motifs is 2. The lowest BCUT2D eigenvalue weighted by atomic mass is 10.1. The van der Waals surface area contributed by atoms with E-state index >= 15 is 0 Å². The molecule has 0 saturated carbocycles. The number of hydrogen-bond donors (Lipinski definition) is 1. The molecule has 0 aliphatic carbocycles. The molecule has 0 bridgehead atoms. The number of aromatic nitrogens is 1. The van der Waals surface area contributed by atoms with Gasteiger partial charge >= 0.3 is 5.97 Å². The third kappa shape index (κ3) is 3.29. The van der Waals surface area contributed by atoms with E-state index in [1.807, 2.05) is 6.92 Å². The first-order valence-electron chi connectivity index (χ1n) is 7.99. The smallest absolute Gasteiger partial charge is 0.343 e. The van der Waals surface area contributed by atoms with Crippen LogP contribution in [0.5, 0.6) is 11.5 Å². The SMILES string of the molecule is CCOCC1COc2cc3c(=O)c(C(=O)OCC)c[nH]c3c(Cl)c2O1. The zero-order chi connectivity index (χ0) is 18.0. The Bertz CT molecular complexity index is 862. The number of H-pyrrole nitrogens is 1. The van der Waals surface area contributed by atoms with E-state index < -0.39 is 11.4 Å². The number of carbonyl (C=O) groups is 1. The first kappa shape index (κ1) is 17.6. The number of hydrogen-bond acceptors (Lipinski definition) is 6. The molecule has 3 rings (SSSR count). The second kappa shape index (κ2) is 7.33. The van der Waals surface area contributed by atoms with Crippen molar-refractivity contribution < 1.29 is 23.7 Å². The van der Waals surface area contributed by atoms with Gasteiger partial charge in [0.25, 0.3) is 0 Å². The van der Waals surface area contributed by atoms with Gasteiger partial charge in [0.05, 0.1) is 24.1 Å². The highest BCUT2D eigenvalue weighted by molar-refractivity contribution is 6.37. The molecule has 0 radical (unpaired) electrons. The van der Waals surface area contributed by atoms with E-state index in [2.05, 4.69) is 4.98 Å². The van der Waals surface area contributed by atoms with Crippen LogP contribution in [-0.2, 0) is 9.47 Å². The van der Waals surface area contributed by atoms with E-state index in [1.54, 1.807) is 6.92 Å². The van der Waals surface area contributed by atoms with Crippen molar-refractivity contribution in [2.24, 2.45) is 0 Å². The molecule has 25 heavy (non-hydrogen) atoms. The van der Waals surface area contributed by atoms with Crippen molar-refractivity contribution in [3.8, 4) is 11.5 Å². The monoisotopic (exact) mass is 367 g/mol. The van der Waals surface area contributed by atoms with E-state index in [1.165, 1.54) is 12.3 Å². The first-order chi connectivity index (χ1) is 12.1. The van der Waals surface area contributed by atoms with Crippen LogP contribution in [-0.4, -0.2) is 43.5 Å². The third-order valence-corrected chi connectivity index (χ3v) is 4.11. The van der Waals surface area contributed by atoms with Crippen LogP contribution >= 0.6 is 11.6 Å². The average molecular weight is 368 g/mol. The maximum absolute atomic E-state index is 12.6. The second-order valence-electron chi connectivity index (χ2n) is 5.40. The highest BCUT2D eigenvalue weighted by atomic mass is 35.5. The fraction of sp³-hybridized carbons (Fsp3) is 0.412. The van der Waals surface area contributed by atoms with Gasteiger partial charge in [-0.25, -0.2) is 4.79 Å². The Hall–Kier alpha value is -2.25. The summed E-state index contributed by atoms with van der Waals surface area (Å²) in [4.78, 5) is 27.4. The highest BCUT2D eigenvalue weighted by Gasteiger charge is 2.27. The third-order valence-electron chi connectivity index (χ3n) is 3.75. The van der Waals surface area contributed by atoms with Crippen molar-refractivity contribution in [2.75, 3.05) is 26.4 Å². The standard InChI is InChI=1S/C17H18ClNO6/c1-3-22-7-9-8-24-12-5-10-14(13(18)16(12)25-9)19-6-11(15(10)20)17(21)23-4-2/h5-6,9H,3-4,7-8H2,1-2H3,(H,19,20). The first-order valence-corrected chi connectivity index (χ1v) is 8.36. The lowest BCUT2D eigenvalue weighted by molar-refractivity contribution is 0.0130. The van der Waals surface area contributed by atoms with Gasteiger partial charge in [-0.1, -0.05) is 11.6 Å². The second-order valence-corrected chi connectivity index (χ2v) is 5.78. The summed E-state index contributed by atoms with van der Waals surface area (Å²) in [6.07, 6.45) is 1.01. The highest BCUT2D eigenvalue weighted by Crippen LogP contribution is 2.42. The molecule has 1 atom stereocenters. The number of benzene rings is 1. The molecule has 134 valence electrons. The predicted molar refractivity (Wildman–Crippen MR) is 91.9 cm³/mol. The van der Waals surface area contributed by atoms with Gasteiger partial charge in [-0.3, -0.25) is 4.79 Å². The Morgan fingerprint density at radius 3 is 2.92 bits per heavy atom. The molecule has 0 saturated heterocycles. The number of rotatable bonds is 5. The fourth-order valence-corrected chi connectivity index (χ4v) is 2.87. The number of nitrogens with one attached hydrogen (secondary N) is 1. The van der Waals surface area contributed by atoms with Gasteiger partial charge in [-0.05, 0) is 19.9 Å². The Labute approximate surface area is 148 Å². The van der Waals surface area contributed by atoms with Crippen molar-refractivity contribution in [1.82, 2.24) is 4.98 Å². The molecule has 0 spiro atoms. The van der Waals surface area contributed by atoms with E-state index in [4.69, 9.17) is 30.5 Å². The largest absolute Gasteiger partial charge is 0.486 e. The zero-order valence-corrected chi connectivity index (χ0v) is 14.6. The summed E-state index contributed by atoms with van der Waals surface area (Å²) in [5.74, 6) is 0.0230. The normalized spacial score (nSPS) is 16.0. The molecular weight excluding hydrogens is 350 g/mol. The van der Waals surface area contributed by atoms with Gasteiger partial charge in [-0.2, -0.15) is 0 Å². The lowest BCUT2D eigenvalue weighted by Crippen LogP contribution is -2.33. The Balaban J connectivity index is 2.04. The molecule has 8 heteroatoms. The number of esters is 1. The molecule has 2 aromatic rings. The summed E-state index contributed by atoms with van der Waals surface area (Å²) in [5, 5.41) is 0.461. The van der Waals surface area contributed by atoms with Gasteiger partial charge < -0.3 is 23.9 Å². The van der Waals surface area contributed by atoms with E-state index in [0.717, 1.165) is 0 Å². The summed E-state index contributed by atoms with van der Waals surface area (Å²) >= 11 is 6.39. The number of aromatic amines is 1. The fourth-order valence-electron chi connectivity index (χ4n) is 2.58. The minimum atomic E-state index is -0.687. The molecule has 0 fully saturated rings. The Morgan fingerprint density at radius 1 is 1.40 bits per heavy atom. The molecule has 1 aliphatic rings. The van der Waals surface area contributed by atoms with Crippen molar-refractivity contribution in [1.29, 1.82) is 0 Å². The van der Waals surface area contributed by atoms with E-state index in [-0.39, 0.29) is 35.3 Å². The van der Waals surface area contributed by atoms with Gasteiger partial charge in [0.2, 0.25) is 5.43 Å². The summed E-state index contributed by atoms with van der Waals surface area (Å²) < 4.78 is 21.7. The van der Waals surface area contributed by atoms with Gasteiger partial charge in [0.1, 0.15) is 17.2 Å². The molecule has 1 aromatic carbocycles. The predicted octanol–water partition coefficient (Wildman–Crippen LogP) is 2.53. The van der Waals surface area contributed by atoms with Crippen LogP contribution in [0.25, 0.3) is 10.9 Å². The topological polar surface area (TPSA) is 86.9 Å². The van der Waals surface area contributed by atoms with Crippen molar-refractivity contribution in [3.05, 3.63) is 33.1 Å². The summed E-state index contributed by atoms with van der Waals surface area (Å²) in [7, 11) is 0. The molecule has 2 heterocycles. The van der Waals surface area contributed by atoms with Crippen LogP contribution in [0.15, 0.2) is 17.1 Å². The maximum atomic E-state index is 12.6. The van der Waals surface area contributed by atoms with Gasteiger partial charge in [-0.15, -0.1) is 0 Å². The van der Waals surface area contributed by atoms with Crippen LogP contribution in [0.3, 0.4) is 0 Å². The van der Waals surface area contributed by atoms with Crippen LogP contribution < -0.4 is 14.9 Å².